The second kappa shape index (κ2) is 4.61. The van der Waals surface area contributed by atoms with E-state index < -0.39 is 0 Å². The Balaban J connectivity index is 3.04. The summed E-state index contributed by atoms with van der Waals surface area (Å²) < 4.78 is 0. The van der Waals surface area contributed by atoms with Gasteiger partial charge in [-0.1, -0.05) is 39.0 Å². The van der Waals surface area contributed by atoms with Gasteiger partial charge in [0.1, 0.15) is 0 Å². The summed E-state index contributed by atoms with van der Waals surface area (Å²) in [6, 6.07) is 0. The first kappa shape index (κ1) is 12.0. The monoisotopic (exact) mass is 204 g/mol. The van der Waals surface area contributed by atoms with Crippen LogP contribution in [-0.4, -0.2) is 5.78 Å². The van der Waals surface area contributed by atoms with Crippen LogP contribution in [0.5, 0.6) is 0 Å². The molecule has 0 aliphatic heterocycles. The highest BCUT2D eigenvalue weighted by atomic mass is 16.1. The van der Waals surface area contributed by atoms with Crippen LogP contribution < -0.4 is 0 Å². The van der Waals surface area contributed by atoms with Gasteiger partial charge in [-0.05, 0) is 36.8 Å². The van der Waals surface area contributed by atoms with E-state index in [4.69, 9.17) is 0 Å². The number of carbonyl (C=O) groups excluding carboxylic acids is 1. The molecule has 0 saturated carbocycles. The highest BCUT2D eigenvalue weighted by Crippen LogP contribution is 2.37. The maximum Gasteiger partial charge on any atom is 0.182 e. The van der Waals surface area contributed by atoms with Crippen molar-refractivity contribution in [1.82, 2.24) is 0 Å². The van der Waals surface area contributed by atoms with Crippen molar-refractivity contribution >= 4 is 5.78 Å². The van der Waals surface area contributed by atoms with Crippen molar-refractivity contribution in [3.8, 4) is 0 Å². The first-order valence-corrected chi connectivity index (χ1v) is 5.58. The van der Waals surface area contributed by atoms with Crippen molar-refractivity contribution in [2.45, 2.75) is 40.5 Å². The van der Waals surface area contributed by atoms with Crippen LogP contribution in [0.3, 0.4) is 0 Å². The molecule has 0 bridgehead atoms. The van der Waals surface area contributed by atoms with Gasteiger partial charge in [-0.2, -0.15) is 0 Å². The van der Waals surface area contributed by atoms with E-state index in [1.54, 1.807) is 6.08 Å². The zero-order valence-corrected chi connectivity index (χ0v) is 10.1. The van der Waals surface area contributed by atoms with Crippen LogP contribution in [0.25, 0.3) is 0 Å². The molecule has 1 aliphatic rings. The number of ketones is 1. The summed E-state index contributed by atoms with van der Waals surface area (Å²) in [5, 5.41) is 0. The van der Waals surface area contributed by atoms with E-state index in [2.05, 4.69) is 26.0 Å². The lowest BCUT2D eigenvalue weighted by atomic mass is 9.74. The Morgan fingerprint density at radius 2 is 2.20 bits per heavy atom. The van der Waals surface area contributed by atoms with Crippen molar-refractivity contribution in [2.75, 3.05) is 0 Å². The molecule has 0 heterocycles. The van der Waals surface area contributed by atoms with Crippen molar-refractivity contribution in [3.63, 3.8) is 0 Å². The molecule has 1 heteroatoms. The van der Waals surface area contributed by atoms with Crippen LogP contribution in [0.4, 0.5) is 0 Å². The first-order chi connectivity index (χ1) is 6.99. The Labute approximate surface area is 92.6 Å². The highest BCUT2D eigenvalue weighted by Gasteiger charge is 2.29. The lowest BCUT2D eigenvalue weighted by Crippen LogP contribution is -2.23. The van der Waals surface area contributed by atoms with Gasteiger partial charge >= 0.3 is 0 Å². The summed E-state index contributed by atoms with van der Waals surface area (Å²) in [4.78, 5) is 12.0. The van der Waals surface area contributed by atoms with E-state index in [-0.39, 0.29) is 11.2 Å². The van der Waals surface area contributed by atoms with E-state index in [1.807, 2.05) is 19.9 Å². The fourth-order valence-corrected chi connectivity index (χ4v) is 2.09. The Hall–Kier alpha value is -1.11. The van der Waals surface area contributed by atoms with Gasteiger partial charge in [0.25, 0.3) is 0 Å². The molecule has 0 aromatic carbocycles. The molecule has 1 aliphatic carbocycles. The third-order valence-corrected chi connectivity index (χ3v) is 2.82. The Kier molecular flexibility index (Phi) is 3.67. The molecule has 0 fully saturated rings. The Morgan fingerprint density at radius 1 is 1.53 bits per heavy atom. The van der Waals surface area contributed by atoms with Crippen molar-refractivity contribution in [1.29, 1.82) is 0 Å². The summed E-state index contributed by atoms with van der Waals surface area (Å²) in [5.74, 6) is 0.170. The fourth-order valence-electron chi connectivity index (χ4n) is 2.09. The molecule has 0 unspecified atom stereocenters. The Bertz CT molecular complexity index is 340. The third kappa shape index (κ3) is 2.68. The molecule has 0 atom stereocenters. The van der Waals surface area contributed by atoms with Gasteiger partial charge in [0.2, 0.25) is 0 Å². The molecular weight excluding hydrogens is 184 g/mol. The third-order valence-electron chi connectivity index (χ3n) is 2.82. The molecule has 0 aromatic heterocycles. The summed E-state index contributed by atoms with van der Waals surface area (Å²) in [7, 11) is 0. The summed E-state index contributed by atoms with van der Waals surface area (Å²) in [6.45, 7) is 8.32. The summed E-state index contributed by atoms with van der Waals surface area (Å²) >= 11 is 0. The molecule has 1 rings (SSSR count). The largest absolute Gasteiger partial charge is 0.290 e. The quantitative estimate of drug-likeness (QED) is 0.639. The van der Waals surface area contributed by atoms with Gasteiger partial charge in [-0.25, -0.2) is 0 Å². The number of carbonyl (C=O) groups is 1. The van der Waals surface area contributed by atoms with Gasteiger partial charge in [-0.15, -0.1) is 0 Å². The molecule has 1 nitrogen and oxygen atoms in total. The molecule has 0 radical (unpaired) electrons. The summed E-state index contributed by atoms with van der Waals surface area (Å²) in [6.07, 6.45) is 9.70. The average molecular weight is 204 g/mol. The highest BCUT2D eigenvalue weighted by molar-refractivity contribution is 6.05. The number of allylic oxidation sites excluding steroid dienone is 6. The zero-order chi connectivity index (χ0) is 11.5. The lowest BCUT2D eigenvalue weighted by Gasteiger charge is -2.29. The topological polar surface area (TPSA) is 17.1 Å². The molecule has 0 amide bonds. The molecule has 0 spiro atoms. The van der Waals surface area contributed by atoms with Crippen LogP contribution >= 0.6 is 0 Å². The van der Waals surface area contributed by atoms with Gasteiger partial charge in [-0.3, -0.25) is 4.79 Å². The standard InChI is InChI=1S/C14H20O/c1-5-6-9-12(15)13-11(2)8-7-10-14(13,3)4/h6-9H,5,10H2,1-4H3/b9-6+. The van der Waals surface area contributed by atoms with Crippen molar-refractivity contribution in [2.24, 2.45) is 5.41 Å². The van der Waals surface area contributed by atoms with Crippen LogP contribution in [0.15, 0.2) is 35.5 Å². The molecule has 0 N–H and O–H groups in total. The van der Waals surface area contributed by atoms with Gasteiger partial charge in [0, 0.05) is 5.57 Å². The van der Waals surface area contributed by atoms with E-state index in [0.29, 0.717) is 0 Å². The van der Waals surface area contributed by atoms with Crippen molar-refractivity contribution in [3.05, 3.63) is 35.5 Å². The maximum absolute atomic E-state index is 12.0. The minimum atomic E-state index is -0.0198. The minimum Gasteiger partial charge on any atom is -0.290 e. The van der Waals surface area contributed by atoms with Crippen LogP contribution in [0.2, 0.25) is 0 Å². The van der Waals surface area contributed by atoms with E-state index >= 15 is 0 Å². The SMILES string of the molecule is CC/C=C/C(=O)C1=C(C)C=CCC1(C)C. The number of rotatable bonds is 3. The molecule has 0 saturated heterocycles. The van der Waals surface area contributed by atoms with Gasteiger partial charge < -0.3 is 0 Å². The first-order valence-electron chi connectivity index (χ1n) is 5.58. The zero-order valence-electron chi connectivity index (χ0n) is 10.1. The van der Waals surface area contributed by atoms with Crippen molar-refractivity contribution < 1.29 is 4.79 Å². The predicted octanol–water partition coefficient (Wildman–Crippen LogP) is 3.82. The molecular formula is C14H20O. The van der Waals surface area contributed by atoms with Gasteiger partial charge in [0.15, 0.2) is 5.78 Å². The smallest absolute Gasteiger partial charge is 0.182 e. The molecule has 82 valence electrons. The average Bonchev–Trinajstić information content (AvgIpc) is 2.13. The predicted molar refractivity (Wildman–Crippen MR) is 64.7 cm³/mol. The van der Waals surface area contributed by atoms with E-state index in [0.717, 1.165) is 24.0 Å². The fraction of sp³-hybridized carbons (Fsp3) is 0.500. The minimum absolute atomic E-state index is 0.0198. The second-order valence-electron chi connectivity index (χ2n) is 4.72. The number of hydrogen-bond donors (Lipinski definition) is 0. The van der Waals surface area contributed by atoms with Crippen LogP contribution in [0, 0.1) is 5.41 Å². The second-order valence-corrected chi connectivity index (χ2v) is 4.72. The summed E-state index contributed by atoms with van der Waals surface area (Å²) in [5.41, 5.74) is 2.06. The van der Waals surface area contributed by atoms with Crippen LogP contribution in [0.1, 0.15) is 40.5 Å². The lowest BCUT2D eigenvalue weighted by molar-refractivity contribution is -0.112. The van der Waals surface area contributed by atoms with Crippen LogP contribution in [-0.2, 0) is 4.79 Å². The van der Waals surface area contributed by atoms with Gasteiger partial charge in [0.05, 0.1) is 0 Å². The number of hydrogen-bond acceptors (Lipinski definition) is 1. The van der Waals surface area contributed by atoms with E-state index in [9.17, 15) is 4.79 Å². The Morgan fingerprint density at radius 3 is 2.73 bits per heavy atom. The molecule has 15 heavy (non-hydrogen) atoms. The van der Waals surface area contributed by atoms with E-state index in [1.165, 1.54) is 0 Å². The maximum atomic E-state index is 12.0. The normalized spacial score (nSPS) is 20.0. The molecule has 0 aromatic rings.